The van der Waals surface area contributed by atoms with Crippen LogP contribution in [0.25, 0.3) is 22.4 Å². The lowest BCUT2D eigenvalue weighted by Gasteiger charge is -2.11. The SMILES string of the molecule is Cc1ccc(-c2nc3ccccc3[nH]2)cc1NC(=O)CC(C)C.Cl. The second-order valence-corrected chi connectivity index (χ2v) is 6.28. The number of para-hydroxylation sites is 2. The molecule has 0 atom stereocenters. The van der Waals surface area contributed by atoms with Gasteiger partial charge in [-0.1, -0.05) is 38.1 Å². The van der Waals surface area contributed by atoms with Gasteiger partial charge in [0.25, 0.3) is 0 Å². The molecule has 4 nitrogen and oxygen atoms in total. The number of nitrogens with one attached hydrogen (secondary N) is 2. The van der Waals surface area contributed by atoms with Gasteiger partial charge in [-0.2, -0.15) is 0 Å². The summed E-state index contributed by atoms with van der Waals surface area (Å²) in [5, 5.41) is 3.00. The second kappa shape index (κ2) is 7.49. The third-order valence-corrected chi connectivity index (χ3v) is 3.77. The van der Waals surface area contributed by atoms with Gasteiger partial charge in [0.05, 0.1) is 11.0 Å². The lowest BCUT2D eigenvalue weighted by Crippen LogP contribution is -2.14. The minimum atomic E-state index is 0. The number of aryl methyl sites for hydroxylation is 1. The van der Waals surface area contributed by atoms with E-state index in [9.17, 15) is 4.79 Å². The summed E-state index contributed by atoms with van der Waals surface area (Å²) >= 11 is 0. The van der Waals surface area contributed by atoms with E-state index in [1.54, 1.807) is 0 Å². The number of aromatic amines is 1. The van der Waals surface area contributed by atoms with Crippen LogP contribution in [0.4, 0.5) is 5.69 Å². The van der Waals surface area contributed by atoms with Crippen LogP contribution in [0, 0.1) is 12.8 Å². The molecule has 1 amide bonds. The van der Waals surface area contributed by atoms with Gasteiger partial charge in [0.15, 0.2) is 0 Å². The van der Waals surface area contributed by atoms with Gasteiger partial charge in [0, 0.05) is 17.7 Å². The number of amides is 1. The third kappa shape index (κ3) is 3.95. The summed E-state index contributed by atoms with van der Waals surface area (Å²) in [7, 11) is 0. The van der Waals surface area contributed by atoms with Crippen LogP contribution in [0.5, 0.6) is 0 Å². The molecule has 0 bridgehead atoms. The Morgan fingerprint density at radius 2 is 1.96 bits per heavy atom. The van der Waals surface area contributed by atoms with Crippen LogP contribution in [-0.4, -0.2) is 15.9 Å². The van der Waals surface area contributed by atoms with Crippen LogP contribution in [0.1, 0.15) is 25.8 Å². The van der Waals surface area contributed by atoms with Crippen LogP contribution < -0.4 is 5.32 Å². The van der Waals surface area contributed by atoms with Crippen molar-refractivity contribution in [1.29, 1.82) is 0 Å². The fourth-order valence-corrected chi connectivity index (χ4v) is 2.57. The molecular weight excluding hydrogens is 322 g/mol. The molecule has 24 heavy (non-hydrogen) atoms. The molecule has 2 aromatic carbocycles. The van der Waals surface area contributed by atoms with Gasteiger partial charge in [-0.25, -0.2) is 4.98 Å². The molecule has 1 heterocycles. The number of anilines is 1. The average Bonchev–Trinajstić information content (AvgIpc) is 2.92. The maximum atomic E-state index is 12.0. The third-order valence-electron chi connectivity index (χ3n) is 3.77. The minimum Gasteiger partial charge on any atom is -0.338 e. The number of H-pyrrole nitrogens is 1. The summed E-state index contributed by atoms with van der Waals surface area (Å²) < 4.78 is 0. The fourth-order valence-electron chi connectivity index (χ4n) is 2.57. The zero-order valence-electron chi connectivity index (χ0n) is 14.1. The number of nitrogens with zero attached hydrogens (tertiary/aromatic N) is 1. The van der Waals surface area contributed by atoms with Gasteiger partial charge in [-0.3, -0.25) is 4.79 Å². The molecule has 3 aromatic rings. The highest BCUT2D eigenvalue weighted by atomic mass is 35.5. The molecule has 0 saturated carbocycles. The highest BCUT2D eigenvalue weighted by Crippen LogP contribution is 2.25. The summed E-state index contributed by atoms with van der Waals surface area (Å²) in [5.74, 6) is 1.20. The molecule has 3 rings (SSSR count). The number of imidazole rings is 1. The highest BCUT2D eigenvalue weighted by Gasteiger charge is 2.10. The molecule has 0 radical (unpaired) electrons. The van der Waals surface area contributed by atoms with E-state index in [2.05, 4.69) is 15.3 Å². The van der Waals surface area contributed by atoms with Gasteiger partial charge >= 0.3 is 0 Å². The zero-order chi connectivity index (χ0) is 16.4. The Bertz CT molecular complexity index is 822. The number of halogens is 1. The van der Waals surface area contributed by atoms with Crippen LogP contribution >= 0.6 is 12.4 Å². The summed E-state index contributed by atoms with van der Waals surface area (Å²) in [6.07, 6.45) is 0.522. The molecule has 0 aliphatic rings. The lowest BCUT2D eigenvalue weighted by atomic mass is 10.1. The van der Waals surface area contributed by atoms with E-state index in [4.69, 9.17) is 0 Å². The molecule has 2 N–H and O–H groups in total. The first-order valence-corrected chi connectivity index (χ1v) is 7.88. The molecule has 0 aliphatic carbocycles. The number of carbonyl (C=O) groups is 1. The van der Waals surface area contributed by atoms with Crippen LogP contribution in [0.3, 0.4) is 0 Å². The Balaban J connectivity index is 0.00000208. The van der Waals surface area contributed by atoms with Crippen molar-refractivity contribution in [2.45, 2.75) is 27.2 Å². The average molecular weight is 344 g/mol. The fraction of sp³-hybridized carbons (Fsp3) is 0.263. The smallest absolute Gasteiger partial charge is 0.224 e. The van der Waals surface area contributed by atoms with E-state index < -0.39 is 0 Å². The Labute approximate surface area is 148 Å². The summed E-state index contributed by atoms with van der Waals surface area (Å²) in [5.41, 5.74) is 4.80. The van der Waals surface area contributed by atoms with Crippen molar-refractivity contribution in [2.75, 3.05) is 5.32 Å². The Kier molecular flexibility index (Phi) is 5.62. The minimum absolute atomic E-state index is 0. The van der Waals surface area contributed by atoms with Crippen molar-refractivity contribution in [3.8, 4) is 11.4 Å². The first-order valence-electron chi connectivity index (χ1n) is 7.88. The van der Waals surface area contributed by atoms with Crippen LogP contribution in [-0.2, 0) is 4.79 Å². The molecule has 0 unspecified atom stereocenters. The monoisotopic (exact) mass is 343 g/mol. The van der Waals surface area contributed by atoms with Crippen molar-refractivity contribution in [3.63, 3.8) is 0 Å². The van der Waals surface area contributed by atoms with Gasteiger partial charge < -0.3 is 10.3 Å². The van der Waals surface area contributed by atoms with E-state index in [1.807, 2.05) is 63.2 Å². The number of fused-ring (bicyclic) bond motifs is 1. The van der Waals surface area contributed by atoms with Crippen molar-refractivity contribution in [1.82, 2.24) is 9.97 Å². The van der Waals surface area contributed by atoms with Crippen molar-refractivity contribution in [3.05, 3.63) is 48.0 Å². The normalized spacial score (nSPS) is 10.7. The highest BCUT2D eigenvalue weighted by molar-refractivity contribution is 5.92. The standard InChI is InChI=1S/C19H21N3O.ClH/c1-12(2)10-18(23)20-17-11-14(9-8-13(17)3)19-21-15-6-4-5-7-16(15)22-19;/h4-9,11-12H,10H2,1-3H3,(H,20,23)(H,21,22);1H. The maximum absolute atomic E-state index is 12.0. The van der Waals surface area contributed by atoms with Gasteiger partial charge in [0.2, 0.25) is 5.91 Å². The number of rotatable bonds is 4. The summed E-state index contributed by atoms with van der Waals surface area (Å²) in [6.45, 7) is 6.07. The van der Waals surface area contributed by atoms with Gasteiger partial charge in [0.1, 0.15) is 5.82 Å². The van der Waals surface area contributed by atoms with E-state index in [0.29, 0.717) is 12.3 Å². The van der Waals surface area contributed by atoms with Crippen LogP contribution in [0.15, 0.2) is 42.5 Å². The Morgan fingerprint density at radius 1 is 1.21 bits per heavy atom. The van der Waals surface area contributed by atoms with Crippen molar-refractivity contribution in [2.24, 2.45) is 5.92 Å². The molecule has 5 heteroatoms. The first-order chi connectivity index (χ1) is 11.0. The van der Waals surface area contributed by atoms with Gasteiger partial charge in [-0.15, -0.1) is 12.4 Å². The molecule has 0 saturated heterocycles. The quantitative estimate of drug-likeness (QED) is 0.704. The molecular formula is C19H22ClN3O. The Hall–Kier alpha value is -2.33. The predicted octanol–water partition coefficient (Wildman–Crippen LogP) is 4.94. The molecule has 0 aliphatic heterocycles. The predicted molar refractivity (Wildman–Crippen MR) is 102 cm³/mol. The van der Waals surface area contributed by atoms with E-state index in [1.165, 1.54) is 0 Å². The molecule has 0 spiro atoms. The van der Waals surface area contributed by atoms with Crippen molar-refractivity contribution >= 4 is 35.0 Å². The topological polar surface area (TPSA) is 57.8 Å². The number of carbonyl (C=O) groups excluding carboxylic acids is 1. The number of hydrogen-bond acceptors (Lipinski definition) is 2. The number of aromatic nitrogens is 2. The van der Waals surface area contributed by atoms with E-state index >= 15 is 0 Å². The maximum Gasteiger partial charge on any atom is 0.224 e. The number of hydrogen-bond donors (Lipinski definition) is 2. The summed E-state index contributed by atoms with van der Waals surface area (Å²) in [4.78, 5) is 20.0. The largest absolute Gasteiger partial charge is 0.338 e. The number of benzene rings is 2. The summed E-state index contributed by atoms with van der Waals surface area (Å²) in [6, 6.07) is 13.9. The first kappa shape index (κ1) is 18.0. The van der Waals surface area contributed by atoms with E-state index in [0.717, 1.165) is 33.7 Å². The van der Waals surface area contributed by atoms with E-state index in [-0.39, 0.29) is 18.3 Å². The molecule has 0 fully saturated rings. The molecule has 126 valence electrons. The lowest BCUT2D eigenvalue weighted by molar-refractivity contribution is -0.116. The van der Waals surface area contributed by atoms with Gasteiger partial charge in [-0.05, 0) is 36.6 Å². The molecule has 1 aromatic heterocycles. The Morgan fingerprint density at radius 3 is 2.67 bits per heavy atom. The zero-order valence-corrected chi connectivity index (χ0v) is 14.9. The van der Waals surface area contributed by atoms with Crippen LogP contribution in [0.2, 0.25) is 0 Å². The van der Waals surface area contributed by atoms with Crippen molar-refractivity contribution < 1.29 is 4.79 Å². The second-order valence-electron chi connectivity index (χ2n) is 6.28.